The highest BCUT2D eigenvalue weighted by molar-refractivity contribution is 14.1. The van der Waals surface area contributed by atoms with Crippen LogP contribution in [0, 0.1) is 21.8 Å². The van der Waals surface area contributed by atoms with Gasteiger partial charge in [0, 0.05) is 25.4 Å². The van der Waals surface area contributed by atoms with Gasteiger partial charge in [-0.1, -0.05) is 65.8 Å². The summed E-state index contributed by atoms with van der Waals surface area (Å²) in [5, 5.41) is 14.1. The Bertz CT molecular complexity index is 1390. The number of aryl methyl sites for hydroxylation is 1. The maximum atomic E-state index is 12.7. The Labute approximate surface area is 221 Å². The minimum atomic E-state index is -0.154. The molecule has 0 aliphatic rings. The molecule has 7 heteroatoms. The van der Waals surface area contributed by atoms with Crippen LogP contribution >= 0.6 is 46.0 Å². The second kappa shape index (κ2) is 11.0. The van der Waals surface area contributed by atoms with E-state index < -0.39 is 0 Å². The molecule has 34 heavy (non-hydrogen) atoms. The van der Waals surface area contributed by atoms with Crippen molar-refractivity contribution in [3.05, 3.63) is 98.6 Å². The lowest BCUT2D eigenvalue weighted by Gasteiger charge is -2.13. The van der Waals surface area contributed by atoms with Crippen molar-refractivity contribution in [2.24, 2.45) is 0 Å². The average molecular weight is 596 g/mol. The van der Waals surface area contributed by atoms with Gasteiger partial charge in [0.05, 0.1) is 17.0 Å². The van der Waals surface area contributed by atoms with Crippen LogP contribution in [0.5, 0.6) is 0 Å². The van der Waals surface area contributed by atoms with Crippen molar-refractivity contribution in [3.63, 3.8) is 0 Å². The Balaban J connectivity index is 1.67. The lowest BCUT2D eigenvalue weighted by molar-refractivity contribution is -0.113. The normalized spacial score (nSPS) is 10.5. The first-order chi connectivity index (χ1) is 16.4. The highest BCUT2D eigenvalue weighted by atomic mass is 127. The Hall–Kier alpha value is -2.86. The lowest BCUT2D eigenvalue weighted by atomic mass is 9.99. The molecule has 168 valence electrons. The highest BCUT2D eigenvalue weighted by Crippen LogP contribution is 2.34. The van der Waals surface area contributed by atoms with E-state index >= 15 is 0 Å². The Morgan fingerprint density at radius 3 is 2.47 bits per heavy atom. The van der Waals surface area contributed by atoms with E-state index in [9.17, 15) is 10.1 Å². The summed E-state index contributed by atoms with van der Waals surface area (Å²) in [5.41, 5.74) is 5.51. The number of nitriles is 1. The van der Waals surface area contributed by atoms with Crippen molar-refractivity contribution in [2.75, 3.05) is 11.1 Å². The first kappa shape index (κ1) is 24.3. The molecule has 1 aromatic heterocycles. The SMILES string of the molecule is Cc1cc(I)ccc1NC(=O)CSc1nc(-c2ccc(Cl)cc2)cc(-c2ccccc2)c1C#N. The van der Waals surface area contributed by atoms with E-state index in [1.54, 1.807) is 0 Å². The van der Waals surface area contributed by atoms with E-state index in [-0.39, 0.29) is 11.7 Å². The number of nitrogens with one attached hydrogen (secondary N) is 1. The van der Waals surface area contributed by atoms with Crippen molar-refractivity contribution in [2.45, 2.75) is 11.9 Å². The van der Waals surface area contributed by atoms with Crippen LogP contribution in [0.4, 0.5) is 5.69 Å². The molecule has 0 saturated heterocycles. The van der Waals surface area contributed by atoms with Crippen LogP contribution in [0.15, 0.2) is 83.9 Å². The first-order valence-electron chi connectivity index (χ1n) is 10.4. The summed E-state index contributed by atoms with van der Waals surface area (Å²) in [6.45, 7) is 1.96. The van der Waals surface area contributed by atoms with E-state index in [4.69, 9.17) is 16.6 Å². The fourth-order valence-electron chi connectivity index (χ4n) is 3.44. The van der Waals surface area contributed by atoms with E-state index in [1.165, 1.54) is 11.8 Å². The van der Waals surface area contributed by atoms with Gasteiger partial charge in [-0.3, -0.25) is 4.79 Å². The number of amides is 1. The topological polar surface area (TPSA) is 65.8 Å². The molecule has 4 rings (SSSR count). The molecule has 1 amide bonds. The van der Waals surface area contributed by atoms with Gasteiger partial charge in [0.25, 0.3) is 0 Å². The molecule has 1 heterocycles. The number of hydrogen-bond donors (Lipinski definition) is 1. The minimum absolute atomic E-state index is 0.130. The van der Waals surface area contributed by atoms with Crippen molar-refractivity contribution < 1.29 is 4.79 Å². The fourth-order valence-corrected chi connectivity index (χ4v) is 5.01. The molecule has 0 aliphatic heterocycles. The number of carbonyl (C=O) groups is 1. The number of anilines is 1. The molecule has 1 N–H and O–H groups in total. The van der Waals surface area contributed by atoms with Crippen molar-refractivity contribution in [3.8, 4) is 28.5 Å². The average Bonchev–Trinajstić information content (AvgIpc) is 2.85. The van der Waals surface area contributed by atoms with Crippen LogP contribution in [0.2, 0.25) is 5.02 Å². The molecule has 0 unspecified atom stereocenters. The van der Waals surface area contributed by atoms with Crippen molar-refractivity contribution >= 4 is 57.5 Å². The first-order valence-corrected chi connectivity index (χ1v) is 12.8. The number of pyridine rings is 1. The monoisotopic (exact) mass is 595 g/mol. The molecule has 4 nitrogen and oxygen atoms in total. The number of hydrogen-bond acceptors (Lipinski definition) is 4. The minimum Gasteiger partial charge on any atom is -0.325 e. The lowest BCUT2D eigenvalue weighted by Crippen LogP contribution is -2.15. The number of carbonyl (C=O) groups excluding carboxylic acids is 1. The zero-order chi connectivity index (χ0) is 24.1. The number of halogens is 2. The molecule has 0 bridgehead atoms. The van der Waals surface area contributed by atoms with Gasteiger partial charge in [-0.25, -0.2) is 4.98 Å². The van der Waals surface area contributed by atoms with Crippen molar-refractivity contribution in [1.29, 1.82) is 5.26 Å². The summed E-state index contributed by atoms with van der Waals surface area (Å²) >= 11 is 9.56. The second-order valence-corrected chi connectivity index (χ2v) is 10.2. The summed E-state index contributed by atoms with van der Waals surface area (Å²) in [6.07, 6.45) is 0. The van der Waals surface area contributed by atoms with Gasteiger partial charge in [-0.2, -0.15) is 5.26 Å². The predicted octanol–water partition coefficient (Wildman–Crippen LogP) is 7.58. The number of rotatable bonds is 6. The van der Waals surface area contributed by atoms with Crippen LogP contribution in [0.3, 0.4) is 0 Å². The van der Waals surface area contributed by atoms with E-state index in [1.807, 2.05) is 85.8 Å². The fraction of sp³-hybridized carbons (Fsp3) is 0.0741. The third-order valence-corrected chi connectivity index (χ3v) is 7.02. The summed E-state index contributed by atoms with van der Waals surface area (Å²) in [5.74, 6) is -0.0241. The molecule has 4 aromatic rings. The second-order valence-electron chi connectivity index (χ2n) is 7.52. The predicted molar refractivity (Wildman–Crippen MR) is 148 cm³/mol. The summed E-state index contributed by atoms with van der Waals surface area (Å²) in [7, 11) is 0. The third-order valence-electron chi connectivity index (χ3n) is 5.13. The maximum Gasteiger partial charge on any atom is 0.234 e. The van der Waals surface area contributed by atoms with E-state index in [0.717, 1.165) is 31.5 Å². The highest BCUT2D eigenvalue weighted by Gasteiger charge is 2.17. The van der Waals surface area contributed by atoms with Crippen molar-refractivity contribution in [1.82, 2.24) is 4.98 Å². The number of benzene rings is 3. The molecule has 3 aromatic carbocycles. The van der Waals surface area contributed by atoms with Gasteiger partial charge in [-0.05, 0) is 77.0 Å². The number of nitrogens with zero attached hydrogens (tertiary/aromatic N) is 2. The molecule has 0 aliphatic carbocycles. The summed E-state index contributed by atoms with van der Waals surface area (Å²) in [6, 6.07) is 27.2. The Morgan fingerprint density at radius 2 is 1.79 bits per heavy atom. The van der Waals surface area contributed by atoms with E-state index in [2.05, 4.69) is 34.0 Å². The summed E-state index contributed by atoms with van der Waals surface area (Å²) in [4.78, 5) is 17.5. The van der Waals surface area contributed by atoms with Gasteiger partial charge < -0.3 is 5.32 Å². The zero-order valence-electron chi connectivity index (χ0n) is 18.2. The Morgan fingerprint density at radius 1 is 1.06 bits per heavy atom. The molecule has 0 atom stereocenters. The third kappa shape index (κ3) is 5.79. The standard InChI is InChI=1S/C27H19ClIN3OS/c1-17-13-21(29)11-12-24(17)31-26(33)16-34-27-23(15-30)22(18-5-3-2-4-6-18)14-25(32-27)19-7-9-20(28)10-8-19/h2-14H,16H2,1H3,(H,31,33). The van der Waals surface area contributed by atoms with Gasteiger partial charge >= 0.3 is 0 Å². The molecule has 0 fully saturated rings. The van der Waals surface area contributed by atoms with Crippen LogP contribution in [-0.4, -0.2) is 16.6 Å². The maximum absolute atomic E-state index is 12.7. The van der Waals surface area contributed by atoms with Crippen LogP contribution in [-0.2, 0) is 4.79 Å². The van der Waals surface area contributed by atoms with Gasteiger partial charge in [0.2, 0.25) is 5.91 Å². The molecular formula is C27H19ClIN3OS. The van der Waals surface area contributed by atoms with Crippen LogP contribution < -0.4 is 5.32 Å². The number of aromatic nitrogens is 1. The largest absolute Gasteiger partial charge is 0.325 e. The zero-order valence-corrected chi connectivity index (χ0v) is 21.9. The molecular weight excluding hydrogens is 577 g/mol. The van der Waals surface area contributed by atoms with Crippen LogP contribution in [0.25, 0.3) is 22.4 Å². The van der Waals surface area contributed by atoms with Gasteiger partial charge in [-0.15, -0.1) is 0 Å². The summed E-state index contributed by atoms with van der Waals surface area (Å²) < 4.78 is 1.11. The van der Waals surface area contributed by atoms with Gasteiger partial charge in [0.15, 0.2) is 0 Å². The van der Waals surface area contributed by atoms with E-state index in [0.29, 0.717) is 21.3 Å². The molecule has 0 radical (unpaired) electrons. The van der Waals surface area contributed by atoms with Gasteiger partial charge in [0.1, 0.15) is 11.1 Å². The quantitative estimate of drug-likeness (QED) is 0.184. The molecule has 0 saturated carbocycles. The molecule has 0 spiro atoms. The number of thioether (sulfide) groups is 1. The van der Waals surface area contributed by atoms with Crippen LogP contribution in [0.1, 0.15) is 11.1 Å². The Kier molecular flexibility index (Phi) is 7.88. The smallest absolute Gasteiger partial charge is 0.234 e.